The molecule has 0 aromatic heterocycles. The minimum absolute atomic E-state index is 0.744. The van der Waals surface area contributed by atoms with E-state index in [2.05, 4.69) is 33.3 Å². The SMILES string of the molecule is COc1cccc(N2CCN(C(=S)NCCc3ccc(OC)c(OC)c3)CC2)c1. The van der Waals surface area contributed by atoms with Gasteiger partial charge < -0.3 is 29.3 Å². The van der Waals surface area contributed by atoms with Gasteiger partial charge in [0.15, 0.2) is 16.6 Å². The van der Waals surface area contributed by atoms with E-state index in [0.29, 0.717) is 0 Å². The fraction of sp³-hybridized carbons (Fsp3) is 0.409. The molecule has 1 aliphatic heterocycles. The van der Waals surface area contributed by atoms with E-state index >= 15 is 0 Å². The van der Waals surface area contributed by atoms with Gasteiger partial charge in [-0.2, -0.15) is 0 Å². The molecule has 1 saturated heterocycles. The quantitative estimate of drug-likeness (QED) is 0.698. The lowest BCUT2D eigenvalue weighted by Crippen LogP contribution is -2.52. The molecular weight excluding hydrogens is 386 g/mol. The number of anilines is 1. The van der Waals surface area contributed by atoms with Crippen LogP contribution in [0.25, 0.3) is 0 Å². The zero-order valence-corrected chi connectivity index (χ0v) is 18.1. The van der Waals surface area contributed by atoms with Crippen molar-refractivity contribution < 1.29 is 14.2 Å². The van der Waals surface area contributed by atoms with Crippen molar-refractivity contribution >= 4 is 23.0 Å². The molecule has 7 heteroatoms. The Kier molecular flexibility index (Phi) is 7.41. The standard InChI is InChI=1S/C22H29N3O3S/c1-26-19-6-4-5-18(16-19)24-11-13-25(14-12-24)22(29)23-10-9-17-7-8-20(27-2)21(15-17)28-3/h4-8,15-16H,9-14H2,1-3H3,(H,23,29). The smallest absolute Gasteiger partial charge is 0.169 e. The second-order valence-electron chi connectivity index (χ2n) is 6.85. The summed E-state index contributed by atoms with van der Waals surface area (Å²) >= 11 is 5.60. The van der Waals surface area contributed by atoms with Gasteiger partial charge in [-0.3, -0.25) is 0 Å². The Morgan fingerprint density at radius 1 is 0.931 bits per heavy atom. The fourth-order valence-corrected chi connectivity index (χ4v) is 3.72. The van der Waals surface area contributed by atoms with Crippen molar-refractivity contribution in [1.29, 1.82) is 0 Å². The zero-order valence-electron chi connectivity index (χ0n) is 17.3. The van der Waals surface area contributed by atoms with Gasteiger partial charge in [0.2, 0.25) is 0 Å². The molecule has 0 aliphatic carbocycles. The molecule has 6 nitrogen and oxygen atoms in total. The van der Waals surface area contributed by atoms with E-state index < -0.39 is 0 Å². The lowest BCUT2D eigenvalue weighted by molar-refractivity contribution is 0.354. The van der Waals surface area contributed by atoms with Gasteiger partial charge in [-0.25, -0.2) is 0 Å². The number of nitrogens with zero attached hydrogens (tertiary/aromatic N) is 2. The van der Waals surface area contributed by atoms with Gasteiger partial charge in [0.25, 0.3) is 0 Å². The largest absolute Gasteiger partial charge is 0.497 e. The fourth-order valence-electron chi connectivity index (χ4n) is 3.44. The number of piperazine rings is 1. The summed E-state index contributed by atoms with van der Waals surface area (Å²) in [5.74, 6) is 2.38. The van der Waals surface area contributed by atoms with Crippen molar-refractivity contribution in [3.8, 4) is 17.2 Å². The molecule has 3 rings (SSSR count). The van der Waals surface area contributed by atoms with Crippen molar-refractivity contribution in [2.45, 2.75) is 6.42 Å². The molecule has 0 saturated carbocycles. The number of ether oxygens (including phenoxy) is 3. The van der Waals surface area contributed by atoms with Crippen LogP contribution in [0.3, 0.4) is 0 Å². The molecule has 0 spiro atoms. The monoisotopic (exact) mass is 415 g/mol. The number of thiocarbonyl (C=S) groups is 1. The molecule has 2 aromatic rings. The zero-order chi connectivity index (χ0) is 20.6. The van der Waals surface area contributed by atoms with Gasteiger partial charge in [0.1, 0.15) is 5.75 Å². The number of benzene rings is 2. The van der Waals surface area contributed by atoms with Gasteiger partial charge in [-0.1, -0.05) is 12.1 Å². The van der Waals surface area contributed by atoms with Crippen LogP contribution in [-0.4, -0.2) is 64.1 Å². The minimum atomic E-state index is 0.744. The van der Waals surface area contributed by atoms with Crippen LogP contribution >= 0.6 is 12.2 Å². The van der Waals surface area contributed by atoms with Crippen molar-refractivity contribution in [3.63, 3.8) is 0 Å². The van der Waals surface area contributed by atoms with Gasteiger partial charge >= 0.3 is 0 Å². The summed E-state index contributed by atoms with van der Waals surface area (Å²) in [5, 5.41) is 4.20. The molecule has 156 valence electrons. The van der Waals surface area contributed by atoms with Crippen LogP contribution in [0, 0.1) is 0 Å². The Morgan fingerprint density at radius 3 is 2.38 bits per heavy atom. The summed E-state index contributed by atoms with van der Waals surface area (Å²) in [6.07, 6.45) is 0.865. The van der Waals surface area contributed by atoms with Crippen LogP contribution in [0.2, 0.25) is 0 Å². The molecule has 0 amide bonds. The molecule has 0 bridgehead atoms. The first kappa shape index (κ1) is 21.0. The second kappa shape index (κ2) is 10.2. The predicted molar refractivity (Wildman–Crippen MR) is 121 cm³/mol. The molecule has 0 atom stereocenters. The lowest BCUT2D eigenvalue weighted by atomic mass is 10.1. The topological polar surface area (TPSA) is 46.2 Å². The van der Waals surface area contributed by atoms with Crippen molar-refractivity contribution in [2.24, 2.45) is 0 Å². The Morgan fingerprint density at radius 2 is 1.69 bits per heavy atom. The highest BCUT2D eigenvalue weighted by Crippen LogP contribution is 2.27. The van der Waals surface area contributed by atoms with E-state index in [9.17, 15) is 0 Å². The maximum atomic E-state index is 5.60. The predicted octanol–water partition coefficient (Wildman–Crippen LogP) is 2.95. The van der Waals surface area contributed by atoms with Crippen LogP contribution < -0.4 is 24.4 Å². The molecule has 1 fully saturated rings. The minimum Gasteiger partial charge on any atom is -0.497 e. The highest BCUT2D eigenvalue weighted by Gasteiger charge is 2.19. The second-order valence-corrected chi connectivity index (χ2v) is 7.23. The Hall–Kier alpha value is -2.67. The molecular formula is C22H29N3O3S. The van der Waals surface area contributed by atoms with E-state index in [0.717, 1.165) is 61.5 Å². The summed E-state index contributed by atoms with van der Waals surface area (Å²) in [5.41, 5.74) is 2.37. The number of methoxy groups -OCH3 is 3. The molecule has 1 aliphatic rings. The van der Waals surface area contributed by atoms with Crippen LogP contribution in [0.4, 0.5) is 5.69 Å². The van der Waals surface area contributed by atoms with Crippen LogP contribution in [0.1, 0.15) is 5.56 Å². The third-order valence-electron chi connectivity index (χ3n) is 5.12. The average molecular weight is 416 g/mol. The average Bonchev–Trinajstić information content (AvgIpc) is 2.79. The summed E-state index contributed by atoms with van der Waals surface area (Å²) in [4.78, 5) is 4.60. The summed E-state index contributed by atoms with van der Waals surface area (Å²) in [7, 11) is 4.99. The molecule has 2 aromatic carbocycles. The highest BCUT2D eigenvalue weighted by molar-refractivity contribution is 7.80. The maximum absolute atomic E-state index is 5.60. The number of nitrogens with one attached hydrogen (secondary N) is 1. The van der Waals surface area contributed by atoms with Gasteiger partial charge in [0, 0.05) is 44.5 Å². The van der Waals surface area contributed by atoms with Crippen molar-refractivity contribution in [3.05, 3.63) is 48.0 Å². The normalized spacial score (nSPS) is 13.8. The van der Waals surface area contributed by atoms with E-state index in [1.54, 1.807) is 21.3 Å². The maximum Gasteiger partial charge on any atom is 0.169 e. The Labute approximate surface area is 178 Å². The highest BCUT2D eigenvalue weighted by atomic mass is 32.1. The first-order valence-corrected chi connectivity index (χ1v) is 10.2. The van der Waals surface area contributed by atoms with Gasteiger partial charge in [-0.05, 0) is 48.5 Å². The van der Waals surface area contributed by atoms with E-state index in [1.165, 1.54) is 11.3 Å². The van der Waals surface area contributed by atoms with Crippen molar-refractivity contribution in [2.75, 3.05) is 59.0 Å². The first-order valence-electron chi connectivity index (χ1n) is 9.77. The van der Waals surface area contributed by atoms with Gasteiger partial charge in [-0.15, -0.1) is 0 Å². The van der Waals surface area contributed by atoms with Crippen LogP contribution in [-0.2, 0) is 6.42 Å². The molecule has 1 N–H and O–H groups in total. The van der Waals surface area contributed by atoms with E-state index in [-0.39, 0.29) is 0 Å². The number of rotatable bonds is 7. The first-order chi connectivity index (χ1) is 14.1. The summed E-state index contributed by atoms with van der Waals surface area (Å²) < 4.78 is 16.0. The third-order valence-corrected chi connectivity index (χ3v) is 5.53. The summed E-state index contributed by atoms with van der Waals surface area (Å²) in [6.45, 7) is 4.46. The van der Waals surface area contributed by atoms with Crippen LogP contribution in [0.15, 0.2) is 42.5 Å². The molecule has 1 heterocycles. The van der Waals surface area contributed by atoms with Crippen LogP contribution in [0.5, 0.6) is 17.2 Å². The molecule has 0 unspecified atom stereocenters. The van der Waals surface area contributed by atoms with Crippen molar-refractivity contribution in [1.82, 2.24) is 10.2 Å². The summed E-state index contributed by atoms with van der Waals surface area (Å²) in [6, 6.07) is 14.2. The van der Waals surface area contributed by atoms with E-state index in [4.69, 9.17) is 26.4 Å². The molecule has 0 radical (unpaired) electrons. The van der Waals surface area contributed by atoms with Gasteiger partial charge in [0.05, 0.1) is 21.3 Å². The Balaban J connectivity index is 1.45. The lowest BCUT2D eigenvalue weighted by Gasteiger charge is -2.37. The molecule has 29 heavy (non-hydrogen) atoms. The third kappa shape index (κ3) is 5.44. The Bertz CT molecular complexity index is 823. The number of hydrogen-bond acceptors (Lipinski definition) is 5. The number of hydrogen-bond donors (Lipinski definition) is 1. The van der Waals surface area contributed by atoms with E-state index in [1.807, 2.05) is 24.3 Å².